The lowest BCUT2D eigenvalue weighted by Gasteiger charge is -2.23. The molecule has 0 unspecified atom stereocenters. The molecule has 3 nitrogen and oxygen atoms in total. The zero-order valence-corrected chi connectivity index (χ0v) is 11.3. The van der Waals surface area contributed by atoms with Crippen molar-refractivity contribution >= 4 is 21.7 Å². The summed E-state index contributed by atoms with van der Waals surface area (Å²) in [7, 11) is -3.38. The minimum Gasteiger partial charge on any atom is -0.270 e. The molecule has 0 fully saturated rings. The molecule has 0 aliphatic heterocycles. The first kappa shape index (κ1) is 15.2. The van der Waals surface area contributed by atoms with Crippen molar-refractivity contribution in [3.05, 3.63) is 0 Å². The Labute approximate surface area is 98.3 Å². The molecule has 0 atom stereocenters. The lowest BCUT2D eigenvalue weighted by atomic mass is 9.89. The van der Waals surface area contributed by atoms with Crippen molar-refractivity contribution in [2.45, 2.75) is 40.0 Å². The van der Waals surface area contributed by atoms with Gasteiger partial charge in [-0.05, 0) is 18.3 Å². The van der Waals surface area contributed by atoms with Crippen molar-refractivity contribution in [2.24, 2.45) is 5.41 Å². The van der Waals surface area contributed by atoms with E-state index in [1.165, 1.54) is 0 Å². The Kier molecular flexibility index (Phi) is 6.80. The normalized spacial score (nSPS) is 13.1. The van der Waals surface area contributed by atoms with Crippen LogP contribution in [0.3, 0.4) is 0 Å². The largest absolute Gasteiger partial charge is 0.270 e. The lowest BCUT2D eigenvalue weighted by Crippen LogP contribution is -2.23. The number of hydrogen-bond donors (Lipinski definition) is 0. The van der Waals surface area contributed by atoms with Gasteiger partial charge in [0.15, 0.2) is 0 Å². The topological polar surface area (TPSA) is 43.4 Å². The summed E-state index contributed by atoms with van der Waals surface area (Å²) in [6.07, 6.45) is 2.42. The van der Waals surface area contributed by atoms with Gasteiger partial charge in [0, 0.05) is 5.88 Å². The van der Waals surface area contributed by atoms with E-state index in [-0.39, 0.29) is 17.8 Å². The summed E-state index contributed by atoms with van der Waals surface area (Å²) < 4.78 is 27.7. The highest BCUT2D eigenvalue weighted by molar-refractivity contribution is 7.86. The van der Waals surface area contributed by atoms with Gasteiger partial charge in [0.1, 0.15) is 0 Å². The summed E-state index contributed by atoms with van der Waals surface area (Å²) in [6, 6.07) is 0. The minimum absolute atomic E-state index is 0.0126. The van der Waals surface area contributed by atoms with Crippen LogP contribution in [-0.4, -0.2) is 26.7 Å². The van der Waals surface area contributed by atoms with Crippen LogP contribution in [0, 0.1) is 5.41 Å². The first-order valence-electron chi connectivity index (χ1n) is 5.26. The molecule has 0 amide bonds. The predicted octanol–water partition coefficient (Wildman–Crippen LogP) is 2.79. The molecule has 0 aliphatic carbocycles. The van der Waals surface area contributed by atoms with Crippen molar-refractivity contribution in [2.75, 3.05) is 18.2 Å². The zero-order valence-electron chi connectivity index (χ0n) is 9.75. The first-order chi connectivity index (χ1) is 6.83. The molecule has 0 saturated carbocycles. The third kappa shape index (κ3) is 8.05. The van der Waals surface area contributed by atoms with E-state index in [9.17, 15) is 8.42 Å². The molecule has 0 radical (unpaired) electrons. The van der Waals surface area contributed by atoms with Crippen LogP contribution in [0.2, 0.25) is 0 Å². The lowest BCUT2D eigenvalue weighted by molar-refractivity contribution is 0.174. The van der Waals surface area contributed by atoms with Crippen LogP contribution in [-0.2, 0) is 14.3 Å². The Balaban J connectivity index is 4.02. The number of halogens is 1. The van der Waals surface area contributed by atoms with E-state index in [0.29, 0.717) is 12.3 Å². The van der Waals surface area contributed by atoms with Gasteiger partial charge in [-0.3, -0.25) is 4.18 Å². The van der Waals surface area contributed by atoms with Crippen molar-refractivity contribution in [1.82, 2.24) is 0 Å². The van der Waals surface area contributed by atoms with E-state index in [4.69, 9.17) is 15.8 Å². The van der Waals surface area contributed by atoms with Gasteiger partial charge in [-0.2, -0.15) is 8.42 Å². The second-order valence-corrected chi connectivity index (χ2v) is 6.62. The molecule has 0 spiro atoms. The molecule has 0 bridgehead atoms. The van der Waals surface area contributed by atoms with Gasteiger partial charge in [-0.1, -0.05) is 27.2 Å². The third-order valence-corrected chi connectivity index (χ3v) is 3.62. The van der Waals surface area contributed by atoms with Gasteiger partial charge in [0.2, 0.25) is 0 Å². The average Bonchev–Trinajstić information content (AvgIpc) is 2.12. The van der Waals surface area contributed by atoms with Crippen LogP contribution < -0.4 is 0 Å². The molecule has 0 aromatic rings. The first-order valence-corrected chi connectivity index (χ1v) is 7.37. The molecule has 92 valence electrons. The molecule has 0 N–H and O–H groups in total. The second-order valence-electron chi connectivity index (χ2n) is 4.48. The van der Waals surface area contributed by atoms with Gasteiger partial charge >= 0.3 is 0 Å². The molecule has 0 rings (SSSR count). The van der Waals surface area contributed by atoms with E-state index in [1.807, 2.05) is 13.8 Å². The van der Waals surface area contributed by atoms with E-state index < -0.39 is 10.1 Å². The number of rotatable bonds is 8. The smallest absolute Gasteiger partial charge is 0.267 e. The number of hydrogen-bond acceptors (Lipinski definition) is 3. The molecule has 15 heavy (non-hydrogen) atoms. The van der Waals surface area contributed by atoms with Crippen LogP contribution in [0.25, 0.3) is 0 Å². The Morgan fingerprint density at radius 1 is 1.33 bits per heavy atom. The Morgan fingerprint density at radius 3 is 2.40 bits per heavy atom. The SMILES string of the molecule is CCCC(C)(C)COS(=O)(=O)CCCCl. The maximum atomic E-state index is 11.4. The van der Waals surface area contributed by atoms with Crippen LogP contribution in [0.4, 0.5) is 0 Å². The van der Waals surface area contributed by atoms with Crippen molar-refractivity contribution < 1.29 is 12.6 Å². The summed E-state index contributed by atoms with van der Waals surface area (Å²) in [5.41, 5.74) is -0.0806. The molecular formula is C10H21ClO3S. The standard InChI is InChI=1S/C10H21ClO3S/c1-4-6-10(2,3)9-14-15(12,13)8-5-7-11/h4-9H2,1-3H3. The molecule has 5 heteroatoms. The van der Waals surface area contributed by atoms with Crippen molar-refractivity contribution in [1.29, 1.82) is 0 Å². The van der Waals surface area contributed by atoms with Crippen LogP contribution in [0.15, 0.2) is 0 Å². The van der Waals surface area contributed by atoms with Crippen LogP contribution >= 0.6 is 11.6 Å². The fraction of sp³-hybridized carbons (Fsp3) is 1.00. The molecule has 0 aromatic heterocycles. The monoisotopic (exact) mass is 256 g/mol. The quantitative estimate of drug-likeness (QED) is 0.495. The fourth-order valence-electron chi connectivity index (χ4n) is 1.29. The van der Waals surface area contributed by atoms with E-state index in [2.05, 4.69) is 6.92 Å². The van der Waals surface area contributed by atoms with E-state index >= 15 is 0 Å². The fourth-order valence-corrected chi connectivity index (χ4v) is 2.69. The van der Waals surface area contributed by atoms with E-state index in [1.54, 1.807) is 0 Å². The van der Waals surface area contributed by atoms with Gasteiger partial charge in [-0.25, -0.2) is 0 Å². The summed E-state index contributed by atoms with van der Waals surface area (Å²) >= 11 is 5.43. The Hall–Kier alpha value is 0.200. The van der Waals surface area contributed by atoms with E-state index in [0.717, 1.165) is 12.8 Å². The molecule has 0 heterocycles. The predicted molar refractivity (Wildman–Crippen MR) is 63.8 cm³/mol. The van der Waals surface area contributed by atoms with Crippen molar-refractivity contribution in [3.8, 4) is 0 Å². The average molecular weight is 257 g/mol. The summed E-state index contributed by atoms with van der Waals surface area (Å²) in [6.45, 7) is 6.34. The van der Waals surface area contributed by atoms with Gasteiger partial charge in [-0.15, -0.1) is 11.6 Å². The number of alkyl halides is 1. The van der Waals surface area contributed by atoms with Crippen molar-refractivity contribution in [3.63, 3.8) is 0 Å². The van der Waals surface area contributed by atoms with Crippen LogP contribution in [0.1, 0.15) is 40.0 Å². The molecular weight excluding hydrogens is 236 g/mol. The maximum Gasteiger partial charge on any atom is 0.267 e. The second kappa shape index (κ2) is 6.71. The minimum atomic E-state index is -3.38. The van der Waals surface area contributed by atoms with Gasteiger partial charge in [0.25, 0.3) is 10.1 Å². The summed E-state index contributed by atoms with van der Waals surface area (Å²) in [5.74, 6) is 0.361. The summed E-state index contributed by atoms with van der Waals surface area (Å²) in [5, 5.41) is 0. The van der Waals surface area contributed by atoms with Gasteiger partial charge in [0.05, 0.1) is 12.4 Å². The molecule has 0 aromatic carbocycles. The molecule has 0 saturated heterocycles. The molecule has 0 aliphatic rings. The van der Waals surface area contributed by atoms with Crippen LogP contribution in [0.5, 0.6) is 0 Å². The third-order valence-electron chi connectivity index (χ3n) is 2.08. The highest BCUT2D eigenvalue weighted by Gasteiger charge is 2.21. The van der Waals surface area contributed by atoms with Gasteiger partial charge < -0.3 is 0 Å². The highest BCUT2D eigenvalue weighted by atomic mass is 35.5. The Bertz CT molecular complexity index is 260. The Morgan fingerprint density at radius 2 is 1.93 bits per heavy atom. The highest BCUT2D eigenvalue weighted by Crippen LogP contribution is 2.23. The maximum absolute atomic E-state index is 11.4. The zero-order chi connectivity index (χ0) is 11.9. The summed E-state index contributed by atoms with van der Waals surface area (Å²) in [4.78, 5) is 0.